The molecule has 9 heteroatoms. The molecule has 2 aromatic carbocycles. The molecule has 0 bridgehead atoms. The number of rotatable bonds is 3. The lowest BCUT2D eigenvalue weighted by molar-refractivity contribution is -0.173. The molecular formula is C20H16ClF3N4O. The number of fused-ring (bicyclic) bond motifs is 1. The highest BCUT2D eigenvalue weighted by atomic mass is 35.5. The van der Waals surface area contributed by atoms with Gasteiger partial charge in [0.15, 0.2) is 11.7 Å². The second kappa shape index (κ2) is 7.44. The molecule has 3 aromatic rings. The summed E-state index contributed by atoms with van der Waals surface area (Å²) in [6.45, 7) is 0. The Balaban J connectivity index is 1.64. The van der Waals surface area contributed by atoms with Crippen LogP contribution in [0.15, 0.2) is 60.7 Å². The van der Waals surface area contributed by atoms with Crippen molar-refractivity contribution >= 4 is 29.0 Å². The highest BCUT2D eigenvalue weighted by molar-refractivity contribution is 6.30. The molecule has 1 amide bonds. The molecule has 2 N–H and O–H groups in total. The lowest BCUT2D eigenvalue weighted by atomic mass is 9.97. The number of carbonyl (C=O) groups excluding carboxylic acids is 1. The molecule has 0 saturated carbocycles. The monoisotopic (exact) mass is 420 g/mol. The zero-order valence-electron chi connectivity index (χ0n) is 14.9. The van der Waals surface area contributed by atoms with Crippen LogP contribution in [-0.4, -0.2) is 21.9 Å². The summed E-state index contributed by atoms with van der Waals surface area (Å²) in [6, 6.07) is 14.3. The van der Waals surface area contributed by atoms with Crippen molar-refractivity contribution in [1.82, 2.24) is 9.78 Å². The van der Waals surface area contributed by atoms with E-state index in [4.69, 9.17) is 11.6 Å². The Morgan fingerprint density at radius 1 is 1.14 bits per heavy atom. The first kappa shape index (κ1) is 19.3. The first-order valence-electron chi connectivity index (χ1n) is 8.86. The lowest BCUT2D eigenvalue weighted by Gasteiger charge is -2.33. The van der Waals surface area contributed by atoms with E-state index >= 15 is 0 Å². The third kappa shape index (κ3) is 4.07. The number of benzene rings is 2. The Labute approximate surface area is 169 Å². The summed E-state index contributed by atoms with van der Waals surface area (Å²) < 4.78 is 42.0. The van der Waals surface area contributed by atoms with E-state index in [1.165, 1.54) is 12.1 Å². The first-order valence-corrected chi connectivity index (χ1v) is 9.24. The van der Waals surface area contributed by atoms with E-state index in [9.17, 15) is 18.0 Å². The highest BCUT2D eigenvalue weighted by Gasteiger charge is 2.46. The fourth-order valence-electron chi connectivity index (χ4n) is 3.35. The molecule has 2 heterocycles. The van der Waals surface area contributed by atoms with Crippen molar-refractivity contribution in [3.8, 4) is 0 Å². The third-order valence-corrected chi connectivity index (χ3v) is 4.94. The molecule has 0 spiro atoms. The van der Waals surface area contributed by atoms with Gasteiger partial charge in [0.05, 0.1) is 6.04 Å². The van der Waals surface area contributed by atoms with Gasteiger partial charge in [0.25, 0.3) is 5.91 Å². The van der Waals surface area contributed by atoms with Crippen LogP contribution in [-0.2, 0) is 0 Å². The minimum Gasteiger partial charge on any atom is -0.363 e. The standard InChI is InChI=1S/C20H16ClF3N4O/c21-13-7-4-8-14(9-13)25-19(29)16-11-18-26-15(12-5-2-1-3-6-12)10-17(20(22,23)24)28(18)27-16/h1-9,11,15,17,26H,10H2,(H,25,29)/t15-,17+/m0/s1. The van der Waals surface area contributed by atoms with Crippen molar-refractivity contribution in [2.24, 2.45) is 0 Å². The SMILES string of the molecule is O=C(Nc1cccc(Cl)c1)c1cc2n(n1)[C@@H](C(F)(F)F)C[C@@H](c1ccccc1)N2. The molecule has 0 radical (unpaired) electrons. The van der Waals surface area contributed by atoms with Gasteiger partial charge in [-0.2, -0.15) is 18.3 Å². The van der Waals surface area contributed by atoms with Crippen LogP contribution in [0.25, 0.3) is 0 Å². The van der Waals surface area contributed by atoms with Gasteiger partial charge in [0.2, 0.25) is 0 Å². The molecule has 0 saturated heterocycles. The fourth-order valence-corrected chi connectivity index (χ4v) is 3.54. The Morgan fingerprint density at radius 2 is 1.90 bits per heavy atom. The van der Waals surface area contributed by atoms with Gasteiger partial charge in [-0.3, -0.25) is 4.79 Å². The average molecular weight is 421 g/mol. The summed E-state index contributed by atoms with van der Waals surface area (Å²) in [4.78, 5) is 12.5. The van der Waals surface area contributed by atoms with Gasteiger partial charge in [-0.1, -0.05) is 48.0 Å². The molecule has 0 fully saturated rings. The normalized spacial score (nSPS) is 18.6. The molecule has 150 valence electrons. The van der Waals surface area contributed by atoms with Crippen LogP contribution in [0, 0.1) is 0 Å². The van der Waals surface area contributed by atoms with Crippen LogP contribution >= 0.6 is 11.6 Å². The van der Waals surface area contributed by atoms with Gasteiger partial charge in [-0.25, -0.2) is 4.68 Å². The van der Waals surface area contributed by atoms with Gasteiger partial charge in [-0.05, 0) is 23.8 Å². The van der Waals surface area contributed by atoms with E-state index in [1.807, 2.05) is 0 Å². The Bertz CT molecular complexity index is 1040. The van der Waals surface area contributed by atoms with Crippen molar-refractivity contribution in [2.45, 2.75) is 24.7 Å². The Morgan fingerprint density at radius 3 is 2.59 bits per heavy atom. The molecule has 1 aliphatic heterocycles. The number of hydrogen-bond donors (Lipinski definition) is 2. The molecule has 29 heavy (non-hydrogen) atoms. The molecule has 5 nitrogen and oxygen atoms in total. The number of anilines is 2. The topological polar surface area (TPSA) is 59.0 Å². The van der Waals surface area contributed by atoms with Crippen molar-refractivity contribution < 1.29 is 18.0 Å². The maximum absolute atomic E-state index is 13.7. The van der Waals surface area contributed by atoms with E-state index in [-0.39, 0.29) is 17.9 Å². The summed E-state index contributed by atoms with van der Waals surface area (Å²) in [5.74, 6) is -0.475. The molecule has 0 unspecified atom stereocenters. The van der Waals surface area contributed by atoms with Crippen molar-refractivity contribution in [2.75, 3.05) is 10.6 Å². The summed E-state index contributed by atoms with van der Waals surface area (Å²) in [5, 5.41) is 10.0. The van der Waals surface area contributed by atoms with Crippen LogP contribution < -0.4 is 10.6 Å². The van der Waals surface area contributed by atoms with Gasteiger partial charge in [0.1, 0.15) is 5.82 Å². The summed E-state index contributed by atoms with van der Waals surface area (Å²) in [6.07, 6.45) is -4.73. The maximum atomic E-state index is 13.7. The average Bonchev–Trinajstić information content (AvgIpc) is 3.11. The zero-order chi connectivity index (χ0) is 20.6. The number of nitrogens with zero attached hydrogens (tertiary/aromatic N) is 2. The van der Waals surface area contributed by atoms with Crippen LogP contribution in [0.5, 0.6) is 0 Å². The van der Waals surface area contributed by atoms with Crippen LogP contribution in [0.1, 0.15) is 34.6 Å². The van der Waals surface area contributed by atoms with Gasteiger partial charge < -0.3 is 10.6 Å². The number of halogens is 4. The quantitative estimate of drug-likeness (QED) is 0.592. The third-order valence-electron chi connectivity index (χ3n) is 4.71. The molecule has 4 rings (SSSR count). The lowest BCUT2D eigenvalue weighted by Crippen LogP contribution is -2.35. The van der Waals surface area contributed by atoms with Crippen LogP contribution in [0.2, 0.25) is 5.02 Å². The summed E-state index contributed by atoms with van der Waals surface area (Å²) in [5.41, 5.74) is 1.05. The number of hydrogen-bond acceptors (Lipinski definition) is 3. The van der Waals surface area contributed by atoms with Crippen LogP contribution in [0.3, 0.4) is 0 Å². The van der Waals surface area contributed by atoms with E-state index in [0.29, 0.717) is 10.7 Å². The summed E-state index contributed by atoms with van der Waals surface area (Å²) >= 11 is 5.89. The van der Waals surface area contributed by atoms with E-state index in [0.717, 1.165) is 10.2 Å². The molecule has 1 aliphatic rings. The second-order valence-corrected chi connectivity index (χ2v) is 7.16. The van der Waals surface area contributed by atoms with Crippen LogP contribution in [0.4, 0.5) is 24.7 Å². The number of nitrogens with one attached hydrogen (secondary N) is 2. The Hall–Kier alpha value is -3.00. The number of alkyl halides is 3. The predicted molar refractivity (Wildman–Crippen MR) is 104 cm³/mol. The van der Waals surface area contributed by atoms with Crippen molar-refractivity contribution in [3.05, 3.63) is 76.9 Å². The van der Waals surface area contributed by atoms with Gasteiger partial charge >= 0.3 is 6.18 Å². The smallest absolute Gasteiger partial charge is 0.363 e. The largest absolute Gasteiger partial charge is 0.410 e. The molecule has 1 aromatic heterocycles. The maximum Gasteiger partial charge on any atom is 0.410 e. The summed E-state index contributed by atoms with van der Waals surface area (Å²) in [7, 11) is 0. The Kier molecular flexibility index (Phi) is 4.96. The predicted octanol–water partition coefficient (Wildman–Crippen LogP) is 5.45. The first-order chi connectivity index (χ1) is 13.8. The van der Waals surface area contributed by atoms with E-state index in [1.54, 1.807) is 48.5 Å². The molecule has 2 atom stereocenters. The van der Waals surface area contributed by atoms with Gasteiger partial charge in [-0.15, -0.1) is 0 Å². The number of amides is 1. The van der Waals surface area contributed by atoms with Gasteiger partial charge in [0, 0.05) is 23.2 Å². The molecule has 0 aliphatic carbocycles. The number of carbonyl (C=O) groups is 1. The van der Waals surface area contributed by atoms with E-state index in [2.05, 4.69) is 15.7 Å². The molecular weight excluding hydrogens is 405 g/mol. The van der Waals surface area contributed by atoms with Crippen molar-refractivity contribution in [3.63, 3.8) is 0 Å². The van der Waals surface area contributed by atoms with Crippen molar-refractivity contribution in [1.29, 1.82) is 0 Å². The minimum atomic E-state index is -4.50. The highest BCUT2D eigenvalue weighted by Crippen LogP contribution is 2.43. The minimum absolute atomic E-state index is 0.115. The van der Waals surface area contributed by atoms with E-state index < -0.39 is 24.2 Å². The zero-order valence-corrected chi connectivity index (χ0v) is 15.7. The second-order valence-electron chi connectivity index (χ2n) is 6.72. The number of aromatic nitrogens is 2. The fraction of sp³-hybridized carbons (Fsp3) is 0.200.